The minimum absolute atomic E-state index is 0.285. The first kappa shape index (κ1) is 16.4. The molecule has 3 N–H and O–H groups in total. The minimum atomic E-state index is -0.285. The Bertz CT molecular complexity index is 1000. The maximum Gasteiger partial charge on any atom is 0.323 e. The van der Waals surface area contributed by atoms with Gasteiger partial charge in [-0.1, -0.05) is 6.07 Å². The first-order chi connectivity index (χ1) is 12.1. The van der Waals surface area contributed by atoms with E-state index in [1.165, 1.54) is 6.08 Å². The molecule has 0 unspecified atom stereocenters. The number of fused-ring (bicyclic) bond motifs is 1. The van der Waals surface area contributed by atoms with Crippen molar-refractivity contribution < 1.29 is 14.3 Å². The number of amides is 1. The van der Waals surface area contributed by atoms with Gasteiger partial charge in [0.05, 0.1) is 25.3 Å². The van der Waals surface area contributed by atoms with Crippen LogP contribution in [0.25, 0.3) is 17.1 Å². The maximum absolute atomic E-state index is 12.1. The van der Waals surface area contributed by atoms with Crippen LogP contribution in [0.15, 0.2) is 47.3 Å². The van der Waals surface area contributed by atoms with Crippen molar-refractivity contribution in [1.82, 2.24) is 9.97 Å². The van der Waals surface area contributed by atoms with Gasteiger partial charge in [-0.05, 0) is 42.0 Å². The molecule has 0 aliphatic carbocycles. The number of ether oxygens (including phenoxy) is 2. The summed E-state index contributed by atoms with van der Waals surface area (Å²) in [5, 5.41) is 2.75. The molecule has 2 aromatic carbocycles. The molecule has 25 heavy (non-hydrogen) atoms. The second-order valence-electron chi connectivity index (χ2n) is 5.28. The quantitative estimate of drug-likeness (QED) is 0.622. The van der Waals surface area contributed by atoms with E-state index in [9.17, 15) is 9.59 Å². The van der Waals surface area contributed by atoms with Crippen molar-refractivity contribution in [2.45, 2.75) is 0 Å². The lowest BCUT2D eigenvalue weighted by Gasteiger charge is -2.07. The van der Waals surface area contributed by atoms with Crippen LogP contribution in [0.4, 0.5) is 5.69 Å². The van der Waals surface area contributed by atoms with Gasteiger partial charge in [0.15, 0.2) is 11.5 Å². The van der Waals surface area contributed by atoms with Crippen LogP contribution in [-0.2, 0) is 4.79 Å². The standard InChI is InChI=1S/C18H17N3O4/c1-24-15-7-3-11(9-16(15)25-2)4-8-17(22)19-12-5-6-13-14(10-12)21-18(23)20-13/h3-10H,1-2H3,(H,19,22)(H2,20,21,23). The van der Waals surface area contributed by atoms with E-state index in [1.54, 1.807) is 50.6 Å². The summed E-state index contributed by atoms with van der Waals surface area (Å²) >= 11 is 0. The fraction of sp³-hybridized carbons (Fsp3) is 0.111. The number of benzene rings is 2. The van der Waals surface area contributed by atoms with E-state index < -0.39 is 0 Å². The molecular weight excluding hydrogens is 322 g/mol. The number of rotatable bonds is 5. The van der Waals surface area contributed by atoms with Crippen LogP contribution in [0.1, 0.15) is 5.56 Å². The molecule has 0 aliphatic rings. The molecule has 3 rings (SSSR count). The summed E-state index contributed by atoms with van der Waals surface area (Å²) < 4.78 is 10.4. The lowest BCUT2D eigenvalue weighted by atomic mass is 10.2. The summed E-state index contributed by atoms with van der Waals surface area (Å²) in [6, 6.07) is 10.5. The summed E-state index contributed by atoms with van der Waals surface area (Å²) in [6.07, 6.45) is 3.10. The van der Waals surface area contributed by atoms with Crippen LogP contribution in [0.3, 0.4) is 0 Å². The largest absolute Gasteiger partial charge is 0.493 e. The molecule has 128 valence electrons. The van der Waals surface area contributed by atoms with E-state index in [-0.39, 0.29) is 11.6 Å². The lowest BCUT2D eigenvalue weighted by molar-refractivity contribution is -0.111. The average Bonchev–Trinajstić information content (AvgIpc) is 2.99. The molecule has 0 radical (unpaired) electrons. The molecule has 7 heteroatoms. The first-order valence-corrected chi connectivity index (χ1v) is 7.52. The summed E-state index contributed by atoms with van der Waals surface area (Å²) in [5.74, 6) is 0.928. The predicted molar refractivity (Wildman–Crippen MR) is 96.1 cm³/mol. The Hall–Kier alpha value is -3.48. The van der Waals surface area contributed by atoms with Crippen LogP contribution in [-0.4, -0.2) is 30.1 Å². The Morgan fingerprint density at radius 1 is 1.00 bits per heavy atom. The topological polar surface area (TPSA) is 96.2 Å². The molecule has 0 fully saturated rings. The zero-order valence-corrected chi connectivity index (χ0v) is 13.8. The summed E-state index contributed by atoms with van der Waals surface area (Å²) in [6.45, 7) is 0. The molecule has 0 bridgehead atoms. The van der Waals surface area contributed by atoms with E-state index in [1.807, 2.05) is 6.07 Å². The van der Waals surface area contributed by atoms with Crippen LogP contribution in [0, 0.1) is 0 Å². The van der Waals surface area contributed by atoms with Gasteiger partial charge in [0.25, 0.3) is 0 Å². The number of H-pyrrole nitrogens is 2. The highest BCUT2D eigenvalue weighted by Gasteiger charge is 2.04. The fourth-order valence-electron chi connectivity index (χ4n) is 2.42. The second-order valence-corrected chi connectivity index (χ2v) is 5.28. The van der Waals surface area contributed by atoms with Crippen LogP contribution < -0.4 is 20.5 Å². The number of aromatic nitrogens is 2. The highest BCUT2D eigenvalue weighted by Crippen LogP contribution is 2.28. The van der Waals surface area contributed by atoms with Crippen LogP contribution >= 0.6 is 0 Å². The van der Waals surface area contributed by atoms with Gasteiger partial charge >= 0.3 is 5.69 Å². The van der Waals surface area contributed by atoms with Crippen LogP contribution in [0.2, 0.25) is 0 Å². The van der Waals surface area contributed by atoms with Crippen molar-refractivity contribution in [1.29, 1.82) is 0 Å². The molecule has 3 aromatic rings. The van der Waals surface area contributed by atoms with Crippen LogP contribution in [0.5, 0.6) is 11.5 Å². The molecule has 1 amide bonds. The number of anilines is 1. The van der Waals surface area contributed by atoms with Crippen molar-refractivity contribution in [3.05, 3.63) is 58.5 Å². The van der Waals surface area contributed by atoms with Crippen molar-refractivity contribution in [2.75, 3.05) is 19.5 Å². The highest BCUT2D eigenvalue weighted by atomic mass is 16.5. The Kier molecular flexibility index (Phi) is 4.56. The van der Waals surface area contributed by atoms with E-state index in [2.05, 4.69) is 15.3 Å². The maximum atomic E-state index is 12.1. The molecule has 0 spiro atoms. The Balaban J connectivity index is 1.72. The smallest absolute Gasteiger partial charge is 0.323 e. The predicted octanol–water partition coefficient (Wildman–Crippen LogP) is 2.53. The highest BCUT2D eigenvalue weighted by molar-refractivity contribution is 6.02. The van der Waals surface area contributed by atoms with Crippen molar-refractivity contribution in [3.8, 4) is 11.5 Å². The van der Waals surface area contributed by atoms with Gasteiger partial charge in [-0.2, -0.15) is 0 Å². The fourth-order valence-corrected chi connectivity index (χ4v) is 2.42. The molecule has 0 saturated heterocycles. The normalized spacial score (nSPS) is 11.0. The molecule has 7 nitrogen and oxygen atoms in total. The van der Waals surface area contributed by atoms with Gasteiger partial charge in [0.2, 0.25) is 5.91 Å². The lowest BCUT2D eigenvalue weighted by Crippen LogP contribution is -2.07. The third kappa shape index (κ3) is 3.72. The average molecular weight is 339 g/mol. The molecular formula is C18H17N3O4. The number of imidazole rings is 1. The molecule has 1 aromatic heterocycles. The monoisotopic (exact) mass is 339 g/mol. The van der Waals surface area contributed by atoms with E-state index in [4.69, 9.17) is 9.47 Å². The first-order valence-electron chi connectivity index (χ1n) is 7.52. The van der Waals surface area contributed by atoms with Gasteiger partial charge < -0.3 is 24.8 Å². The minimum Gasteiger partial charge on any atom is -0.493 e. The zero-order chi connectivity index (χ0) is 17.8. The Morgan fingerprint density at radius 3 is 2.52 bits per heavy atom. The number of hydrogen-bond acceptors (Lipinski definition) is 4. The third-order valence-corrected chi connectivity index (χ3v) is 3.62. The van der Waals surface area contributed by atoms with Crippen molar-refractivity contribution in [3.63, 3.8) is 0 Å². The number of carbonyl (C=O) groups excluding carboxylic acids is 1. The number of hydrogen-bond donors (Lipinski definition) is 3. The van der Waals surface area contributed by atoms with Gasteiger partial charge in [0.1, 0.15) is 0 Å². The Labute approximate surface area is 143 Å². The number of aromatic amines is 2. The van der Waals surface area contributed by atoms with Gasteiger partial charge in [-0.25, -0.2) is 4.79 Å². The zero-order valence-electron chi connectivity index (χ0n) is 13.8. The van der Waals surface area contributed by atoms with Gasteiger partial charge in [-0.15, -0.1) is 0 Å². The number of methoxy groups -OCH3 is 2. The van der Waals surface area contributed by atoms with E-state index in [0.717, 1.165) is 5.56 Å². The summed E-state index contributed by atoms with van der Waals surface area (Å²) in [5.41, 5.74) is 2.42. The molecule has 0 atom stereocenters. The van der Waals surface area contributed by atoms with E-state index >= 15 is 0 Å². The SMILES string of the molecule is COc1ccc(C=CC(=O)Nc2ccc3[nH]c(=O)[nH]c3c2)cc1OC. The van der Waals surface area contributed by atoms with Gasteiger partial charge in [0, 0.05) is 11.8 Å². The molecule has 1 heterocycles. The van der Waals surface area contributed by atoms with Crippen molar-refractivity contribution >= 4 is 28.7 Å². The molecule has 0 saturated carbocycles. The summed E-state index contributed by atoms with van der Waals surface area (Å²) in [4.78, 5) is 28.6. The third-order valence-electron chi connectivity index (χ3n) is 3.62. The van der Waals surface area contributed by atoms with E-state index in [0.29, 0.717) is 28.2 Å². The van der Waals surface area contributed by atoms with Crippen molar-refractivity contribution in [2.24, 2.45) is 0 Å². The summed E-state index contributed by atoms with van der Waals surface area (Å²) in [7, 11) is 3.12. The van der Waals surface area contributed by atoms with Gasteiger partial charge in [-0.3, -0.25) is 4.79 Å². The Morgan fingerprint density at radius 2 is 1.76 bits per heavy atom. The second kappa shape index (κ2) is 6.96. The number of nitrogens with one attached hydrogen (secondary N) is 3. The number of carbonyl (C=O) groups is 1. The molecule has 0 aliphatic heterocycles.